The molecule has 2 nitrogen and oxygen atoms in total. The molecule has 1 aromatic rings. The fourth-order valence-corrected chi connectivity index (χ4v) is 3.41. The minimum atomic E-state index is 0.661. The topological polar surface area (TPSA) is 15.3 Å². The second-order valence-electron chi connectivity index (χ2n) is 5.50. The van der Waals surface area contributed by atoms with Crippen LogP contribution >= 0.6 is 15.9 Å². The van der Waals surface area contributed by atoms with Gasteiger partial charge in [0, 0.05) is 23.6 Å². The highest BCUT2D eigenvalue weighted by Gasteiger charge is 2.20. The number of benzene rings is 1. The molecule has 1 saturated heterocycles. The molecule has 1 fully saturated rings. The Balaban J connectivity index is 2.05. The van der Waals surface area contributed by atoms with Gasteiger partial charge in [-0.15, -0.1) is 0 Å². The van der Waals surface area contributed by atoms with E-state index in [4.69, 9.17) is 0 Å². The van der Waals surface area contributed by atoms with E-state index in [-0.39, 0.29) is 0 Å². The summed E-state index contributed by atoms with van der Waals surface area (Å²) >= 11 is 3.75. The van der Waals surface area contributed by atoms with Gasteiger partial charge < -0.3 is 10.2 Å². The van der Waals surface area contributed by atoms with Crippen LogP contribution in [0.3, 0.4) is 0 Å². The molecule has 19 heavy (non-hydrogen) atoms. The Morgan fingerprint density at radius 1 is 1.37 bits per heavy atom. The first-order valence-electron chi connectivity index (χ1n) is 7.48. The third-order valence-electron chi connectivity index (χ3n) is 3.88. The number of hydrogen-bond acceptors (Lipinski definition) is 2. The van der Waals surface area contributed by atoms with Crippen LogP contribution in [0.5, 0.6) is 0 Å². The largest absolute Gasteiger partial charge is 0.368 e. The van der Waals surface area contributed by atoms with Crippen LogP contribution in [-0.2, 0) is 6.54 Å². The van der Waals surface area contributed by atoms with E-state index >= 15 is 0 Å². The summed E-state index contributed by atoms with van der Waals surface area (Å²) in [5.74, 6) is 0. The van der Waals surface area contributed by atoms with Crippen molar-refractivity contribution in [2.24, 2.45) is 0 Å². The number of nitrogens with zero attached hydrogens (tertiary/aromatic N) is 1. The average molecular weight is 325 g/mol. The first-order chi connectivity index (χ1) is 9.22. The van der Waals surface area contributed by atoms with Gasteiger partial charge in [0.05, 0.1) is 5.69 Å². The van der Waals surface area contributed by atoms with Gasteiger partial charge in [-0.25, -0.2) is 0 Å². The molecule has 0 radical (unpaired) electrons. The second kappa shape index (κ2) is 7.30. The maximum absolute atomic E-state index is 3.75. The fourth-order valence-electron chi connectivity index (χ4n) is 2.76. The van der Waals surface area contributed by atoms with Crippen molar-refractivity contribution in [3.8, 4) is 0 Å². The number of hydrogen-bond donors (Lipinski definition) is 1. The van der Waals surface area contributed by atoms with E-state index in [2.05, 4.69) is 58.2 Å². The van der Waals surface area contributed by atoms with E-state index in [9.17, 15) is 0 Å². The first kappa shape index (κ1) is 14.9. The van der Waals surface area contributed by atoms with E-state index in [1.165, 1.54) is 48.0 Å². The van der Waals surface area contributed by atoms with Crippen molar-refractivity contribution in [2.45, 2.75) is 52.1 Å². The van der Waals surface area contributed by atoms with E-state index in [0.717, 1.165) is 13.1 Å². The molecule has 0 amide bonds. The summed E-state index contributed by atoms with van der Waals surface area (Å²) in [7, 11) is 0. The molecule has 2 rings (SSSR count). The molecular formula is C16H25BrN2. The van der Waals surface area contributed by atoms with Gasteiger partial charge in [0.25, 0.3) is 0 Å². The third-order valence-corrected chi connectivity index (χ3v) is 4.52. The molecule has 0 saturated carbocycles. The molecule has 1 aromatic carbocycles. The molecule has 1 N–H and O–H groups in total. The minimum absolute atomic E-state index is 0.661. The molecule has 3 heteroatoms. The van der Waals surface area contributed by atoms with Crippen molar-refractivity contribution in [3.05, 3.63) is 28.2 Å². The van der Waals surface area contributed by atoms with Gasteiger partial charge in [0.15, 0.2) is 0 Å². The normalized spacial score (nSPS) is 19.7. The SMILES string of the molecule is CCCNCc1ccc(N2CCCCC2C)c(Br)c1. The van der Waals surface area contributed by atoms with Crippen LogP contribution in [0.1, 0.15) is 45.1 Å². The lowest BCUT2D eigenvalue weighted by Gasteiger charge is -2.36. The number of halogens is 1. The predicted octanol–water partition coefficient (Wildman–Crippen LogP) is 4.33. The van der Waals surface area contributed by atoms with Crippen molar-refractivity contribution in [2.75, 3.05) is 18.0 Å². The summed E-state index contributed by atoms with van der Waals surface area (Å²) in [6.07, 6.45) is 5.18. The van der Waals surface area contributed by atoms with E-state index in [1.54, 1.807) is 0 Å². The van der Waals surface area contributed by atoms with Crippen LogP contribution in [-0.4, -0.2) is 19.1 Å². The third kappa shape index (κ3) is 3.96. The molecule has 0 aliphatic carbocycles. The lowest BCUT2D eigenvalue weighted by atomic mass is 10.0. The molecule has 0 spiro atoms. The maximum atomic E-state index is 3.75. The van der Waals surface area contributed by atoms with Crippen molar-refractivity contribution in [1.82, 2.24) is 5.32 Å². The molecular weight excluding hydrogens is 300 g/mol. The lowest BCUT2D eigenvalue weighted by Crippen LogP contribution is -2.37. The van der Waals surface area contributed by atoms with Crippen LogP contribution in [0, 0.1) is 0 Å². The molecule has 0 bridgehead atoms. The molecule has 0 aromatic heterocycles. The van der Waals surface area contributed by atoms with Gasteiger partial charge in [-0.05, 0) is 72.8 Å². The molecule has 1 atom stereocenters. The summed E-state index contributed by atoms with van der Waals surface area (Å²) in [6.45, 7) is 7.77. The van der Waals surface area contributed by atoms with E-state index < -0.39 is 0 Å². The molecule has 1 aliphatic rings. The van der Waals surface area contributed by atoms with Crippen molar-refractivity contribution in [3.63, 3.8) is 0 Å². The Kier molecular flexibility index (Phi) is 5.71. The highest BCUT2D eigenvalue weighted by Crippen LogP contribution is 2.32. The summed E-state index contributed by atoms with van der Waals surface area (Å²) in [4.78, 5) is 2.54. The van der Waals surface area contributed by atoms with Crippen molar-refractivity contribution < 1.29 is 0 Å². The fraction of sp³-hybridized carbons (Fsp3) is 0.625. The summed E-state index contributed by atoms with van der Waals surface area (Å²) in [6, 6.07) is 7.45. The van der Waals surface area contributed by atoms with Gasteiger partial charge >= 0.3 is 0 Å². The summed E-state index contributed by atoms with van der Waals surface area (Å²) in [5.41, 5.74) is 2.71. The van der Waals surface area contributed by atoms with E-state index in [1.807, 2.05) is 0 Å². The standard InChI is InChI=1S/C16H25BrN2/c1-3-9-18-12-14-7-8-16(15(17)11-14)19-10-5-4-6-13(19)2/h7-8,11,13,18H,3-6,9-10,12H2,1-2H3. The average Bonchev–Trinajstić information content (AvgIpc) is 2.40. The zero-order chi connectivity index (χ0) is 13.7. The Bertz CT molecular complexity index is 406. The van der Waals surface area contributed by atoms with Gasteiger partial charge in [0.2, 0.25) is 0 Å². The van der Waals surface area contributed by atoms with Crippen LogP contribution in [0.4, 0.5) is 5.69 Å². The second-order valence-corrected chi connectivity index (χ2v) is 6.36. The zero-order valence-corrected chi connectivity index (χ0v) is 13.7. The summed E-state index contributed by atoms with van der Waals surface area (Å²) in [5, 5.41) is 3.45. The minimum Gasteiger partial charge on any atom is -0.368 e. The van der Waals surface area contributed by atoms with Gasteiger partial charge in [-0.1, -0.05) is 13.0 Å². The van der Waals surface area contributed by atoms with Crippen LogP contribution < -0.4 is 10.2 Å². The Hall–Kier alpha value is -0.540. The zero-order valence-electron chi connectivity index (χ0n) is 12.1. The van der Waals surface area contributed by atoms with Gasteiger partial charge in [-0.3, -0.25) is 0 Å². The van der Waals surface area contributed by atoms with Gasteiger partial charge in [0.1, 0.15) is 0 Å². The maximum Gasteiger partial charge on any atom is 0.0513 e. The Labute approximate surface area is 125 Å². The van der Waals surface area contributed by atoms with Gasteiger partial charge in [-0.2, -0.15) is 0 Å². The smallest absolute Gasteiger partial charge is 0.0513 e. The molecule has 1 heterocycles. The monoisotopic (exact) mass is 324 g/mol. The first-order valence-corrected chi connectivity index (χ1v) is 8.27. The van der Waals surface area contributed by atoms with Crippen molar-refractivity contribution >= 4 is 21.6 Å². The number of rotatable bonds is 5. The van der Waals surface area contributed by atoms with Crippen LogP contribution in [0.15, 0.2) is 22.7 Å². The molecule has 1 unspecified atom stereocenters. The lowest BCUT2D eigenvalue weighted by molar-refractivity contribution is 0.484. The number of piperidine rings is 1. The van der Waals surface area contributed by atoms with Crippen LogP contribution in [0.25, 0.3) is 0 Å². The van der Waals surface area contributed by atoms with Crippen LogP contribution in [0.2, 0.25) is 0 Å². The summed E-state index contributed by atoms with van der Waals surface area (Å²) < 4.78 is 1.23. The van der Waals surface area contributed by atoms with E-state index in [0.29, 0.717) is 6.04 Å². The molecule has 106 valence electrons. The predicted molar refractivity (Wildman–Crippen MR) is 86.8 cm³/mol. The number of anilines is 1. The Morgan fingerprint density at radius 2 is 2.21 bits per heavy atom. The molecule has 1 aliphatic heterocycles. The number of nitrogens with one attached hydrogen (secondary N) is 1. The Morgan fingerprint density at radius 3 is 2.89 bits per heavy atom. The highest BCUT2D eigenvalue weighted by molar-refractivity contribution is 9.10. The highest BCUT2D eigenvalue weighted by atomic mass is 79.9. The van der Waals surface area contributed by atoms with Crippen molar-refractivity contribution in [1.29, 1.82) is 0 Å². The quantitative estimate of drug-likeness (QED) is 0.811.